The molecule has 35 heavy (non-hydrogen) atoms. The summed E-state index contributed by atoms with van der Waals surface area (Å²) in [5.41, 5.74) is 1.12. The molecule has 0 N–H and O–H groups in total. The van der Waals surface area contributed by atoms with Gasteiger partial charge in [0, 0.05) is 32.2 Å². The van der Waals surface area contributed by atoms with Gasteiger partial charge in [-0.15, -0.1) is 5.10 Å². The first kappa shape index (κ1) is 23.0. The van der Waals surface area contributed by atoms with Crippen molar-refractivity contribution in [3.63, 3.8) is 0 Å². The second-order valence-corrected chi connectivity index (χ2v) is 10.0. The second-order valence-electron chi connectivity index (χ2n) is 8.08. The quantitative estimate of drug-likeness (QED) is 0.485. The van der Waals surface area contributed by atoms with Gasteiger partial charge in [0.15, 0.2) is 17.3 Å². The van der Waals surface area contributed by atoms with E-state index in [9.17, 15) is 13.2 Å². The number of fused-ring (bicyclic) bond motifs is 1. The van der Waals surface area contributed by atoms with E-state index in [4.69, 9.17) is 9.47 Å². The van der Waals surface area contributed by atoms with E-state index in [-0.39, 0.29) is 37.0 Å². The zero-order valence-electron chi connectivity index (χ0n) is 19.1. The van der Waals surface area contributed by atoms with Gasteiger partial charge >= 0.3 is 0 Å². The van der Waals surface area contributed by atoms with Crippen LogP contribution in [0, 0.1) is 6.92 Å². The zero-order chi connectivity index (χ0) is 24.4. The lowest BCUT2D eigenvalue weighted by Gasteiger charge is -2.34. The molecule has 5 rings (SSSR count). The molecule has 1 amide bonds. The third-order valence-corrected chi connectivity index (χ3v) is 7.75. The predicted molar refractivity (Wildman–Crippen MR) is 126 cm³/mol. The largest absolute Gasteiger partial charge is 0.486 e. The van der Waals surface area contributed by atoms with Crippen LogP contribution >= 0.6 is 0 Å². The summed E-state index contributed by atoms with van der Waals surface area (Å²) < 4.78 is 40.3. The molecule has 0 saturated carbocycles. The molecule has 2 aliphatic heterocycles. The molecule has 2 aromatic carbocycles. The van der Waals surface area contributed by atoms with Crippen LogP contribution in [0.4, 0.5) is 0 Å². The van der Waals surface area contributed by atoms with Crippen molar-refractivity contribution >= 4 is 27.7 Å². The van der Waals surface area contributed by atoms with Crippen molar-refractivity contribution in [3.05, 3.63) is 59.9 Å². The Morgan fingerprint density at radius 2 is 1.69 bits per heavy atom. The molecule has 0 atom stereocenters. The Morgan fingerprint density at radius 3 is 2.37 bits per heavy atom. The molecular formula is C23H24N6O5S. The normalized spacial score (nSPS) is 16.8. The van der Waals surface area contributed by atoms with Crippen LogP contribution in [0.15, 0.2) is 53.4 Å². The first-order valence-electron chi connectivity index (χ1n) is 11.1. The van der Waals surface area contributed by atoms with Crippen LogP contribution in [-0.2, 0) is 14.8 Å². The van der Waals surface area contributed by atoms with E-state index in [2.05, 4.69) is 15.5 Å². The van der Waals surface area contributed by atoms with Crippen molar-refractivity contribution in [2.24, 2.45) is 0 Å². The third-order valence-electron chi connectivity index (χ3n) is 5.85. The Bertz CT molecular complexity index is 1360. The average Bonchev–Trinajstić information content (AvgIpc) is 3.32. The van der Waals surface area contributed by atoms with E-state index >= 15 is 0 Å². The van der Waals surface area contributed by atoms with Crippen molar-refractivity contribution in [2.45, 2.75) is 11.8 Å². The first-order valence-corrected chi connectivity index (χ1v) is 12.6. The minimum Gasteiger partial charge on any atom is -0.486 e. The van der Waals surface area contributed by atoms with Gasteiger partial charge in [-0.1, -0.05) is 30.3 Å². The zero-order valence-corrected chi connectivity index (χ0v) is 19.9. The summed E-state index contributed by atoms with van der Waals surface area (Å²) in [6, 6.07) is 14.0. The number of hydrogen-bond acceptors (Lipinski definition) is 8. The van der Waals surface area contributed by atoms with Crippen LogP contribution in [0.5, 0.6) is 11.5 Å². The van der Waals surface area contributed by atoms with Gasteiger partial charge in [0.25, 0.3) is 5.91 Å². The lowest BCUT2D eigenvalue weighted by molar-refractivity contribution is -0.126. The summed E-state index contributed by atoms with van der Waals surface area (Å²) in [7, 11) is -3.76. The van der Waals surface area contributed by atoms with Gasteiger partial charge in [0.2, 0.25) is 10.0 Å². The molecule has 182 valence electrons. The second kappa shape index (κ2) is 9.47. The van der Waals surface area contributed by atoms with Crippen molar-refractivity contribution in [1.29, 1.82) is 0 Å². The van der Waals surface area contributed by atoms with E-state index in [1.54, 1.807) is 24.0 Å². The molecule has 1 saturated heterocycles. The van der Waals surface area contributed by atoms with Gasteiger partial charge in [-0.05, 0) is 41.1 Å². The number of amides is 1. The fourth-order valence-electron chi connectivity index (χ4n) is 4.00. The fraction of sp³-hybridized carbons (Fsp3) is 0.304. The number of hydrogen-bond donors (Lipinski definition) is 0. The maximum atomic E-state index is 13.5. The molecule has 12 heteroatoms. The Morgan fingerprint density at radius 1 is 0.971 bits per heavy atom. The summed E-state index contributed by atoms with van der Waals surface area (Å²) in [5.74, 6) is 1.14. The maximum Gasteiger partial charge on any atom is 0.272 e. The molecule has 0 bridgehead atoms. The van der Waals surface area contributed by atoms with Crippen molar-refractivity contribution in [2.75, 3.05) is 39.4 Å². The minimum absolute atomic E-state index is 0.135. The topological polar surface area (TPSA) is 120 Å². The maximum absolute atomic E-state index is 13.5. The van der Waals surface area contributed by atoms with Crippen LogP contribution in [0.1, 0.15) is 11.4 Å². The lowest BCUT2D eigenvalue weighted by Crippen LogP contribution is -2.51. The van der Waals surface area contributed by atoms with Crippen molar-refractivity contribution in [3.8, 4) is 11.5 Å². The standard InChI is InChI=1S/C23H24N6O5S/c1-17-24-25-26-29(17)20(15-18-5-3-2-4-6-18)23(30)27-9-11-28(12-10-27)35(31,32)19-7-8-21-22(16-19)34-14-13-33-21/h2-8,15-16H,9-14H2,1H3. The Balaban J connectivity index is 1.34. The summed E-state index contributed by atoms with van der Waals surface area (Å²) in [6.07, 6.45) is 1.73. The summed E-state index contributed by atoms with van der Waals surface area (Å²) in [5, 5.41) is 11.5. The van der Waals surface area contributed by atoms with E-state index in [1.807, 2.05) is 30.3 Å². The Kier molecular flexibility index (Phi) is 6.22. The van der Waals surface area contributed by atoms with E-state index < -0.39 is 10.0 Å². The van der Waals surface area contributed by atoms with Crippen LogP contribution in [-0.4, -0.2) is 83.1 Å². The number of carbonyl (C=O) groups is 1. The first-order chi connectivity index (χ1) is 16.9. The highest BCUT2D eigenvalue weighted by molar-refractivity contribution is 7.89. The molecule has 0 unspecified atom stereocenters. The number of tetrazole rings is 1. The van der Waals surface area contributed by atoms with Crippen LogP contribution < -0.4 is 9.47 Å². The number of benzene rings is 2. The third kappa shape index (κ3) is 4.62. The molecule has 0 radical (unpaired) electrons. The molecule has 0 aliphatic carbocycles. The number of carbonyl (C=O) groups excluding carboxylic acids is 1. The minimum atomic E-state index is -3.76. The number of aryl methyl sites for hydroxylation is 1. The number of ether oxygens (including phenoxy) is 2. The van der Waals surface area contributed by atoms with Gasteiger partial charge in [-0.2, -0.15) is 8.99 Å². The number of rotatable bonds is 5. The van der Waals surface area contributed by atoms with E-state index in [1.165, 1.54) is 21.1 Å². The molecule has 1 aromatic heterocycles. The monoisotopic (exact) mass is 496 g/mol. The molecule has 1 fully saturated rings. The summed E-state index contributed by atoms with van der Waals surface area (Å²) in [6.45, 7) is 3.30. The van der Waals surface area contributed by atoms with Gasteiger partial charge in [0.1, 0.15) is 18.9 Å². The molecule has 2 aliphatic rings. The van der Waals surface area contributed by atoms with Gasteiger partial charge in [0.05, 0.1) is 4.90 Å². The number of aromatic nitrogens is 4. The fourth-order valence-corrected chi connectivity index (χ4v) is 5.44. The number of sulfonamides is 1. The highest BCUT2D eigenvalue weighted by Gasteiger charge is 2.32. The van der Waals surface area contributed by atoms with Crippen LogP contribution in [0.25, 0.3) is 11.8 Å². The van der Waals surface area contributed by atoms with Crippen molar-refractivity contribution < 1.29 is 22.7 Å². The molecular weight excluding hydrogens is 472 g/mol. The van der Waals surface area contributed by atoms with Crippen molar-refractivity contribution in [1.82, 2.24) is 29.4 Å². The van der Waals surface area contributed by atoms with Crippen LogP contribution in [0.2, 0.25) is 0 Å². The summed E-state index contributed by atoms with van der Waals surface area (Å²) >= 11 is 0. The highest BCUT2D eigenvalue weighted by atomic mass is 32.2. The van der Waals surface area contributed by atoms with Gasteiger partial charge < -0.3 is 14.4 Å². The molecule has 3 aromatic rings. The predicted octanol–water partition coefficient (Wildman–Crippen LogP) is 1.28. The average molecular weight is 497 g/mol. The smallest absolute Gasteiger partial charge is 0.272 e. The summed E-state index contributed by atoms with van der Waals surface area (Å²) in [4.78, 5) is 15.2. The Labute approximate surface area is 202 Å². The lowest BCUT2D eigenvalue weighted by atomic mass is 10.1. The molecule has 0 spiro atoms. The highest BCUT2D eigenvalue weighted by Crippen LogP contribution is 2.33. The van der Waals surface area contributed by atoms with E-state index in [0.29, 0.717) is 36.2 Å². The van der Waals surface area contributed by atoms with Gasteiger partial charge in [-0.3, -0.25) is 4.79 Å². The molecule has 3 heterocycles. The van der Waals surface area contributed by atoms with Crippen LogP contribution in [0.3, 0.4) is 0 Å². The number of nitrogens with zero attached hydrogens (tertiary/aromatic N) is 6. The van der Waals surface area contributed by atoms with Gasteiger partial charge in [-0.25, -0.2) is 8.42 Å². The van der Waals surface area contributed by atoms with E-state index in [0.717, 1.165) is 5.56 Å². The molecule has 11 nitrogen and oxygen atoms in total. The number of piperazine rings is 1. The SMILES string of the molecule is Cc1nnnn1C(=Cc1ccccc1)C(=O)N1CCN(S(=O)(=O)c2ccc3c(c2)OCCO3)CC1. The Hall–Kier alpha value is -3.77.